The molecule has 103 valence electrons. The first-order chi connectivity index (χ1) is 10.4. The molecule has 21 heavy (non-hydrogen) atoms. The first kappa shape index (κ1) is 12.6. The Kier molecular flexibility index (Phi) is 3.20. The summed E-state index contributed by atoms with van der Waals surface area (Å²) in [5.74, 6) is 0. The molecule has 4 rings (SSSR count). The minimum atomic E-state index is 1.03. The molecule has 4 aromatic rings. The Morgan fingerprint density at radius 2 is 1.81 bits per heavy atom. The molecule has 0 saturated carbocycles. The molecule has 0 aliphatic rings. The fourth-order valence-electron chi connectivity index (χ4n) is 2.66. The number of hydrogen-bond acceptors (Lipinski definition) is 2. The minimum Gasteiger partial charge on any atom is -0.287 e. The topological polar surface area (TPSA) is 17.3 Å². The van der Waals surface area contributed by atoms with Crippen LogP contribution in [-0.2, 0) is 6.42 Å². The first-order valence-corrected chi connectivity index (χ1v) is 7.95. The van der Waals surface area contributed by atoms with Gasteiger partial charge in [-0.3, -0.25) is 4.40 Å². The number of aryl methyl sites for hydroxylation is 1. The minimum absolute atomic E-state index is 1.03. The van der Waals surface area contributed by atoms with E-state index in [9.17, 15) is 0 Å². The van der Waals surface area contributed by atoms with Crippen LogP contribution in [0.2, 0.25) is 0 Å². The quantitative estimate of drug-likeness (QED) is 0.531. The number of hydrogen-bond donors (Lipinski definition) is 0. The van der Waals surface area contributed by atoms with Gasteiger partial charge in [0, 0.05) is 12.1 Å². The van der Waals surface area contributed by atoms with E-state index in [1.165, 1.54) is 21.5 Å². The van der Waals surface area contributed by atoms with Gasteiger partial charge in [-0.1, -0.05) is 53.8 Å². The second kappa shape index (κ2) is 5.34. The predicted molar refractivity (Wildman–Crippen MR) is 88.7 cm³/mol. The molecule has 0 aliphatic heterocycles. The number of rotatable bonds is 4. The Hall–Kier alpha value is -2.13. The van der Waals surface area contributed by atoms with Crippen molar-refractivity contribution in [1.82, 2.24) is 9.38 Å². The van der Waals surface area contributed by atoms with Crippen molar-refractivity contribution >= 4 is 26.5 Å². The molecule has 0 spiro atoms. The Morgan fingerprint density at radius 3 is 2.71 bits per heavy atom. The Balaban J connectivity index is 1.59. The van der Waals surface area contributed by atoms with E-state index < -0.39 is 0 Å². The lowest BCUT2D eigenvalue weighted by molar-refractivity contribution is 0.933. The number of para-hydroxylation sites is 1. The van der Waals surface area contributed by atoms with Crippen LogP contribution in [0.15, 0.2) is 60.8 Å². The number of imidazole rings is 1. The molecule has 0 fully saturated rings. The molecule has 2 aromatic heterocycles. The number of aromatic nitrogens is 2. The number of benzene rings is 2. The molecule has 0 unspecified atom stereocenters. The summed E-state index contributed by atoms with van der Waals surface area (Å²) in [5.41, 5.74) is 3.82. The summed E-state index contributed by atoms with van der Waals surface area (Å²) in [6.45, 7) is 0. The molecule has 1 radical (unpaired) electrons. The lowest BCUT2D eigenvalue weighted by atomic mass is 10.1. The molecule has 0 bridgehead atoms. The van der Waals surface area contributed by atoms with Crippen molar-refractivity contribution in [3.63, 3.8) is 0 Å². The summed E-state index contributed by atoms with van der Waals surface area (Å²) >= 11 is 1.74. The average molecular weight is 291 g/mol. The number of thiazole rings is 1. The van der Waals surface area contributed by atoms with Gasteiger partial charge in [0.1, 0.15) is 0 Å². The van der Waals surface area contributed by atoms with Crippen molar-refractivity contribution in [1.29, 1.82) is 0 Å². The molecular weight excluding hydrogens is 276 g/mol. The smallest absolute Gasteiger partial charge is 0.194 e. The van der Waals surface area contributed by atoms with Crippen molar-refractivity contribution < 1.29 is 0 Å². The normalized spacial score (nSPS) is 11.4. The summed E-state index contributed by atoms with van der Waals surface area (Å²) in [6, 6.07) is 19.1. The van der Waals surface area contributed by atoms with E-state index in [0.717, 1.165) is 17.8 Å². The van der Waals surface area contributed by atoms with E-state index >= 15 is 0 Å². The third-order valence-electron chi connectivity index (χ3n) is 3.69. The summed E-state index contributed by atoms with van der Waals surface area (Å²) in [5, 5.41) is 0. The van der Waals surface area contributed by atoms with Gasteiger partial charge < -0.3 is 0 Å². The van der Waals surface area contributed by atoms with E-state index in [4.69, 9.17) is 0 Å². The largest absolute Gasteiger partial charge is 0.287 e. The van der Waals surface area contributed by atoms with E-state index in [2.05, 4.69) is 70.4 Å². The van der Waals surface area contributed by atoms with Gasteiger partial charge in [-0.2, -0.15) is 0 Å². The molecule has 0 saturated heterocycles. The first-order valence-electron chi connectivity index (χ1n) is 7.14. The fourth-order valence-corrected chi connectivity index (χ4v) is 3.67. The maximum Gasteiger partial charge on any atom is 0.194 e. The van der Waals surface area contributed by atoms with Crippen LogP contribution in [0.4, 0.5) is 0 Å². The van der Waals surface area contributed by atoms with Crippen molar-refractivity contribution in [2.75, 3.05) is 0 Å². The fraction of sp³-hybridized carbons (Fsp3) is 0.111. The number of fused-ring (bicyclic) bond motifs is 3. The SMILES string of the molecule is [CH](CCc1ccccc1)c1cnc2sc3ccccc3n12. The molecule has 0 aliphatic carbocycles. The standard InChI is InChI=1S/C18H15N2S/c1-2-7-14(8-3-1)9-6-10-15-13-19-18-20(15)16-11-4-5-12-17(16)21-18/h1-5,7-8,10-13H,6,9H2. The lowest BCUT2D eigenvalue weighted by Gasteiger charge is -2.02. The Labute approximate surface area is 127 Å². The third kappa shape index (κ3) is 2.34. The summed E-state index contributed by atoms with van der Waals surface area (Å²) < 4.78 is 3.55. The lowest BCUT2D eigenvalue weighted by Crippen LogP contribution is -1.92. The summed E-state index contributed by atoms with van der Waals surface area (Å²) in [6.07, 6.45) is 6.35. The van der Waals surface area contributed by atoms with Gasteiger partial charge in [-0.15, -0.1) is 0 Å². The van der Waals surface area contributed by atoms with Crippen LogP contribution in [0.1, 0.15) is 17.7 Å². The number of nitrogens with zero attached hydrogens (tertiary/aromatic N) is 2. The highest BCUT2D eigenvalue weighted by Crippen LogP contribution is 2.27. The molecule has 2 nitrogen and oxygen atoms in total. The van der Waals surface area contributed by atoms with Gasteiger partial charge >= 0.3 is 0 Å². The van der Waals surface area contributed by atoms with Crippen LogP contribution in [0, 0.1) is 6.42 Å². The highest BCUT2D eigenvalue weighted by molar-refractivity contribution is 7.23. The van der Waals surface area contributed by atoms with Gasteiger partial charge in [-0.25, -0.2) is 4.98 Å². The second-order valence-corrected chi connectivity index (χ2v) is 6.11. The van der Waals surface area contributed by atoms with Gasteiger partial charge in [0.2, 0.25) is 0 Å². The Bertz CT molecular complexity index is 874. The van der Waals surface area contributed by atoms with E-state index in [-0.39, 0.29) is 0 Å². The molecule has 0 N–H and O–H groups in total. The van der Waals surface area contributed by atoms with Crippen molar-refractivity contribution in [3.8, 4) is 0 Å². The summed E-state index contributed by atoms with van der Waals surface area (Å²) in [7, 11) is 0. The van der Waals surface area contributed by atoms with Crippen molar-refractivity contribution in [2.24, 2.45) is 0 Å². The van der Waals surface area contributed by atoms with Gasteiger partial charge in [-0.05, 0) is 30.5 Å². The van der Waals surface area contributed by atoms with Crippen LogP contribution in [0.25, 0.3) is 15.2 Å². The molecule has 0 atom stereocenters. The second-order valence-electron chi connectivity index (χ2n) is 5.10. The summed E-state index contributed by atoms with van der Waals surface area (Å²) in [4.78, 5) is 5.60. The zero-order valence-corrected chi connectivity index (χ0v) is 12.4. The maximum absolute atomic E-state index is 4.53. The highest BCUT2D eigenvalue weighted by Gasteiger charge is 2.10. The van der Waals surface area contributed by atoms with Crippen molar-refractivity contribution in [2.45, 2.75) is 12.8 Å². The Morgan fingerprint density at radius 1 is 1.00 bits per heavy atom. The van der Waals surface area contributed by atoms with E-state index in [1.54, 1.807) is 11.3 Å². The average Bonchev–Trinajstić information content (AvgIpc) is 3.08. The third-order valence-corrected chi connectivity index (χ3v) is 4.73. The van der Waals surface area contributed by atoms with Crippen LogP contribution in [0.3, 0.4) is 0 Å². The van der Waals surface area contributed by atoms with Crippen LogP contribution in [0.5, 0.6) is 0 Å². The van der Waals surface area contributed by atoms with Crippen molar-refractivity contribution in [3.05, 3.63) is 78.5 Å². The van der Waals surface area contributed by atoms with Crippen LogP contribution < -0.4 is 0 Å². The molecular formula is C18H15N2S. The maximum atomic E-state index is 4.53. The van der Waals surface area contributed by atoms with Gasteiger partial charge in [0.05, 0.1) is 16.4 Å². The molecule has 2 heterocycles. The van der Waals surface area contributed by atoms with Crippen LogP contribution >= 0.6 is 11.3 Å². The van der Waals surface area contributed by atoms with E-state index in [1.807, 2.05) is 6.20 Å². The zero-order chi connectivity index (χ0) is 14.1. The van der Waals surface area contributed by atoms with E-state index in [0.29, 0.717) is 0 Å². The zero-order valence-electron chi connectivity index (χ0n) is 11.6. The predicted octanol–water partition coefficient (Wildman–Crippen LogP) is 4.73. The highest BCUT2D eigenvalue weighted by atomic mass is 32.1. The molecule has 0 amide bonds. The molecule has 3 heteroatoms. The monoisotopic (exact) mass is 291 g/mol. The van der Waals surface area contributed by atoms with Gasteiger partial charge in [0.25, 0.3) is 0 Å². The molecule has 2 aromatic carbocycles. The van der Waals surface area contributed by atoms with Gasteiger partial charge in [0.15, 0.2) is 4.96 Å². The van der Waals surface area contributed by atoms with Crippen LogP contribution in [-0.4, -0.2) is 9.38 Å².